The standard InChI is InChI=1S/C15H30N2O2/c1-5-6-7-10-17(4)11-13-8-9-14(16-13)15(18)19-12(2)3/h12-14,16H,5-11H2,1-4H3. The minimum Gasteiger partial charge on any atom is -0.462 e. The number of rotatable bonds is 8. The lowest BCUT2D eigenvalue weighted by atomic mass is 10.2. The van der Waals surface area contributed by atoms with Gasteiger partial charge in [-0.15, -0.1) is 0 Å². The first-order chi connectivity index (χ1) is 9.02. The monoisotopic (exact) mass is 270 g/mol. The van der Waals surface area contributed by atoms with Crippen molar-refractivity contribution in [3.8, 4) is 0 Å². The summed E-state index contributed by atoms with van der Waals surface area (Å²) in [5.41, 5.74) is 0. The predicted octanol–water partition coefficient (Wildman–Crippen LogP) is 2.18. The van der Waals surface area contributed by atoms with Crippen molar-refractivity contribution >= 4 is 5.97 Å². The van der Waals surface area contributed by atoms with Crippen LogP contribution in [0.3, 0.4) is 0 Å². The molecule has 0 aromatic heterocycles. The number of hydrogen-bond acceptors (Lipinski definition) is 4. The fraction of sp³-hybridized carbons (Fsp3) is 0.933. The molecule has 4 heteroatoms. The second kappa shape index (κ2) is 8.54. The summed E-state index contributed by atoms with van der Waals surface area (Å²) in [5.74, 6) is -0.0915. The van der Waals surface area contributed by atoms with Gasteiger partial charge in [0.25, 0.3) is 0 Å². The van der Waals surface area contributed by atoms with Crippen molar-refractivity contribution in [2.24, 2.45) is 0 Å². The topological polar surface area (TPSA) is 41.6 Å². The Morgan fingerprint density at radius 2 is 2.11 bits per heavy atom. The molecule has 0 aliphatic carbocycles. The molecule has 0 spiro atoms. The smallest absolute Gasteiger partial charge is 0.323 e. The van der Waals surface area contributed by atoms with E-state index in [2.05, 4.69) is 24.2 Å². The lowest BCUT2D eigenvalue weighted by Crippen LogP contribution is -2.42. The van der Waals surface area contributed by atoms with Crippen molar-refractivity contribution in [2.75, 3.05) is 20.1 Å². The van der Waals surface area contributed by atoms with Crippen LogP contribution >= 0.6 is 0 Å². The molecular weight excluding hydrogens is 240 g/mol. The molecule has 0 saturated carbocycles. The van der Waals surface area contributed by atoms with Crippen molar-refractivity contribution < 1.29 is 9.53 Å². The molecule has 2 atom stereocenters. The van der Waals surface area contributed by atoms with Crippen LogP contribution < -0.4 is 5.32 Å². The molecule has 0 bridgehead atoms. The van der Waals surface area contributed by atoms with Gasteiger partial charge in [0.05, 0.1) is 6.10 Å². The fourth-order valence-corrected chi connectivity index (χ4v) is 2.56. The van der Waals surface area contributed by atoms with Crippen LogP contribution in [0.25, 0.3) is 0 Å². The Morgan fingerprint density at radius 1 is 1.37 bits per heavy atom. The molecule has 1 aliphatic heterocycles. The van der Waals surface area contributed by atoms with Gasteiger partial charge in [0, 0.05) is 12.6 Å². The first-order valence-electron chi connectivity index (χ1n) is 7.68. The molecule has 112 valence electrons. The lowest BCUT2D eigenvalue weighted by molar-refractivity contribution is -0.149. The highest BCUT2D eigenvalue weighted by molar-refractivity contribution is 5.76. The Bertz CT molecular complexity index is 269. The summed E-state index contributed by atoms with van der Waals surface area (Å²) in [7, 11) is 2.16. The molecule has 1 fully saturated rings. The van der Waals surface area contributed by atoms with Gasteiger partial charge in [-0.25, -0.2) is 0 Å². The number of ether oxygens (including phenoxy) is 1. The zero-order valence-corrected chi connectivity index (χ0v) is 12.9. The average Bonchev–Trinajstić information content (AvgIpc) is 2.77. The summed E-state index contributed by atoms with van der Waals surface area (Å²) < 4.78 is 5.25. The van der Waals surface area contributed by atoms with Gasteiger partial charge in [0.15, 0.2) is 0 Å². The van der Waals surface area contributed by atoms with Crippen LogP contribution in [0.15, 0.2) is 0 Å². The molecule has 0 amide bonds. The summed E-state index contributed by atoms with van der Waals surface area (Å²) in [6, 6.07) is 0.327. The summed E-state index contributed by atoms with van der Waals surface area (Å²) in [5, 5.41) is 3.40. The number of esters is 1. The van der Waals surface area contributed by atoms with Crippen LogP contribution in [0.1, 0.15) is 52.9 Å². The highest BCUT2D eigenvalue weighted by Crippen LogP contribution is 2.15. The molecular formula is C15H30N2O2. The zero-order chi connectivity index (χ0) is 14.3. The molecule has 0 aromatic rings. The maximum atomic E-state index is 11.8. The van der Waals surface area contributed by atoms with Gasteiger partial charge in [0.2, 0.25) is 0 Å². The van der Waals surface area contributed by atoms with E-state index in [1.165, 1.54) is 19.3 Å². The van der Waals surface area contributed by atoms with Gasteiger partial charge in [0.1, 0.15) is 6.04 Å². The van der Waals surface area contributed by atoms with Gasteiger partial charge in [-0.1, -0.05) is 19.8 Å². The molecule has 1 heterocycles. The Labute approximate surface area is 117 Å². The SMILES string of the molecule is CCCCCN(C)CC1CCC(C(=O)OC(C)C)N1. The number of carbonyl (C=O) groups excluding carboxylic acids is 1. The summed E-state index contributed by atoms with van der Waals surface area (Å²) >= 11 is 0. The number of unbranched alkanes of at least 4 members (excludes halogenated alkanes) is 2. The lowest BCUT2D eigenvalue weighted by Gasteiger charge is -2.21. The third-order valence-corrected chi connectivity index (χ3v) is 3.55. The Morgan fingerprint density at radius 3 is 2.74 bits per heavy atom. The van der Waals surface area contributed by atoms with Crippen molar-refractivity contribution in [3.63, 3.8) is 0 Å². The minimum absolute atomic E-state index is 0.0231. The van der Waals surface area contributed by atoms with Crippen LogP contribution in [0.2, 0.25) is 0 Å². The maximum absolute atomic E-state index is 11.8. The molecule has 1 aliphatic rings. The summed E-state index contributed by atoms with van der Waals surface area (Å²) in [6.07, 6.45) is 5.77. The Hall–Kier alpha value is -0.610. The van der Waals surface area contributed by atoms with Crippen LogP contribution in [0.4, 0.5) is 0 Å². The van der Waals surface area contributed by atoms with Gasteiger partial charge in [-0.05, 0) is 46.7 Å². The third kappa shape index (κ3) is 6.39. The van der Waals surface area contributed by atoms with E-state index < -0.39 is 0 Å². The van der Waals surface area contributed by atoms with Crippen molar-refractivity contribution in [1.29, 1.82) is 0 Å². The molecule has 1 N–H and O–H groups in total. The van der Waals surface area contributed by atoms with Crippen LogP contribution in [-0.2, 0) is 9.53 Å². The van der Waals surface area contributed by atoms with Crippen LogP contribution in [0, 0.1) is 0 Å². The first-order valence-corrected chi connectivity index (χ1v) is 7.68. The highest BCUT2D eigenvalue weighted by Gasteiger charge is 2.30. The molecule has 1 saturated heterocycles. The molecule has 4 nitrogen and oxygen atoms in total. The second-order valence-corrected chi connectivity index (χ2v) is 5.95. The molecule has 1 rings (SSSR count). The van der Waals surface area contributed by atoms with E-state index in [0.29, 0.717) is 6.04 Å². The summed E-state index contributed by atoms with van der Waals surface area (Å²) in [6.45, 7) is 8.18. The van der Waals surface area contributed by atoms with E-state index in [-0.39, 0.29) is 18.1 Å². The number of nitrogens with zero attached hydrogens (tertiary/aromatic N) is 1. The first kappa shape index (κ1) is 16.4. The van der Waals surface area contributed by atoms with E-state index in [4.69, 9.17) is 4.74 Å². The normalized spacial score (nSPS) is 23.3. The predicted molar refractivity (Wildman–Crippen MR) is 78.2 cm³/mol. The molecule has 2 unspecified atom stereocenters. The van der Waals surface area contributed by atoms with E-state index in [1.54, 1.807) is 0 Å². The third-order valence-electron chi connectivity index (χ3n) is 3.55. The van der Waals surface area contributed by atoms with E-state index in [9.17, 15) is 4.79 Å². The van der Waals surface area contributed by atoms with Crippen molar-refractivity contribution in [1.82, 2.24) is 10.2 Å². The Kier molecular flexibility index (Phi) is 7.39. The van der Waals surface area contributed by atoms with Gasteiger partial charge >= 0.3 is 5.97 Å². The van der Waals surface area contributed by atoms with E-state index in [1.807, 2.05) is 13.8 Å². The van der Waals surface area contributed by atoms with Crippen molar-refractivity contribution in [2.45, 2.75) is 71.1 Å². The number of nitrogens with one attached hydrogen (secondary N) is 1. The molecule has 0 radical (unpaired) electrons. The van der Waals surface area contributed by atoms with Crippen LogP contribution in [-0.4, -0.2) is 49.2 Å². The summed E-state index contributed by atoms with van der Waals surface area (Å²) in [4.78, 5) is 14.2. The Balaban J connectivity index is 2.22. The zero-order valence-electron chi connectivity index (χ0n) is 12.9. The average molecular weight is 270 g/mol. The number of hydrogen-bond donors (Lipinski definition) is 1. The largest absolute Gasteiger partial charge is 0.462 e. The highest BCUT2D eigenvalue weighted by atomic mass is 16.5. The van der Waals surface area contributed by atoms with Crippen molar-refractivity contribution in [3.05, 3.63) is 0 Å². The van der Waals surface area contributed by atoms with Gasteiger partial charge < -0.3 is 15.0 Å². The van der Waals surface area contributed by atoms with E-state index >= 15 is 0 Å². The van der Waals surface area contributed by atoms with E-state index in [0.717, 1.165) is 25.9 Å². The molecule has 0 aromatic carbocycles. The maximum Gasteiger partial charge on any atom is 0.323 e. The van der Waals surface area contributed by atoms with Gasteiger partial charge in [-0.3, -0.25) is 4.79 Å². The number of carbonyl (C=O) groups is 1. The fourth-order valence-electron chi connectivity index (χ4n) is 2.56. The number of likely N-dealkylation sites (N-methyl/N-ethyl adjacent to an activating group) is 1. The minimum atomic E-state index is -0.101. The van der Waals surface area contributed by atoms with Crippen LogP contribution in [0.5, 0.6) is 0 Å². The quantitative estimate of drug-likeness (QED) is 0.542. The second-order valence-electron chi connectivity index (χ2n) is 5.95. The van der Waals surface area contributed by atoms with Gasteiger partial charge in [-0.2, -0.15) is 0 Å². The molecule has 19 heavy (non-hydrogen) atoms.